The largest absolute Gasteiger partial charge is 0.480 e. The summed E-state index contributed by atoms with van der Waals surface area (Å²) in [5.74, 6) is -3.22. The summed E-state index contributed by atoms with van der Waals surface area (Å²) >= 11 is 1.46. The number of aromatic nitrogens is 2. The van der Waals surface area contributed by atoms with Gasteiger partial charge in [-0.3, -0.25) is 19.2 Å². The van der Waals surface area contributed by atoms with Crippen LogP contribution in [0.25, 0.3) is 0 Å². The molecule has 8 N–H and O–H groups in total. The zero-order valence-corrected chi connectivity index (χ0v) is 19.7. The third-order valence-electron chi connectivity index (χ3n) is 5.42. The van der Waals surface area contributed by atoms with Crippen molar-refractivity contribution < 1.29 is 29.1 Å². The van der Waals surface area contributed by atoms with Crippen molar-refractivity contribution in [3.63, 3.8) is 0 Å². The Morgan fingerprint density at radius 3 is 2.56 bits per heavy atom. The summed E-state index contributed by atoms with van der Waals surface area (Å²) in [6.07, 6.45) is 5.55. The molecule has 1 aliphatic heterocycles. The van der Waals surface area contributed by atoms with Gasteiger partial charge >= 0.3 is 5.97 Å². The Labute approximate surface area is 200 Å². The lowest BCUT2D eigenvalue weighted by Gasteiger charge is -2.28. The van der Waals surface area contributed by atoms with Crippen LogP contribution in [-0.4, -0.2) is 92.3 Å². The number of carboxylic acids is 1. The van der Waals surface area contributed by atoms with Crippen LogP contribution < -0.4 is 22.1 Å². The van der Waals surface area contributed by atoms with Crippen LogP contribution in [0.15, 0.2) is 12.5 Å². The molecule has 0 aromatic carbocycles. The molecule has 0 spiro atoms. The Hall–Kier alpha value is -3.13. The second-order valence-corrected chi connectivity index (χ2v) is 8.98. The Bertz CT molecular complexity index is 881. The molecule has 1 saturated heterocycles. The summed E-state index contributed by atoms with van der Waals surface area (Å²) < 4.78 is 0. The van der Waals surface area contributed by atoms with Crippen molar-refractivity contribution in [2.24, 2.45) is 11.5 Å². The highest BCUT2D eigenvalue weighted by Crippen LogP contribution is 2.19. The minimum absolute atomic E-state index is 0.0534. The Balaban J connectivity index is 2.19. The lowest BCUT2D eigenvalue weighted by Crippen LogP contribution is -2.58. The van der Waals surface area contributed by atoms with Gasteiger partial charge < -0.3 is 37.1 Å². The van der Waals surface area contributed by atoms with Crippen LogP contribution in [0, 0.1) is 0 Å². The van der Waals surface area contributed by atoms with Gasteiger partial charge in [0.25, 0.3) is 0 Å². The van der Waals surface area contributed by atoms with Gasteiger partial charge in [0.05, 0.1) is 18.8 Å². The van der Waals surface area contributed by atoms with E-state index < -0.39 is 53.8 Å². The number of carbonyl (C=O) groups is 5. The molecular weight excluding hydrogens is 466 g/mol. The summed E-state index contributed by atoms with van der Waals surface area (Å²) in [4.78, 5) is 69.4. The Morgan fingerprint density at radius 2 is 1.97 bits per heavy atom. The molecule has 0 saturated carbocycles. The fraction of sp³-hybridized carbons (Fsp3) is 0.600. The lowest BCUT2D eigenvalue weighted by atomic mass is 10.1. The molecule has 34 heavy (non-hydrogen) atoms. The van der Waals surface area contributed by atoms with Crippen LogP contribution >= 0.6 is 11.8 Å². The number of hydrogen-bond donors (Lipinski definition) is 6. The maximum atomic E-state index is 13.3. The van der Waals surface area contributed by atoms with E-state index in [0.717, 1.165) is 0 Å². The van der Waals surface area contributed by atoms with E-state index >= 15 is 0 Å². The van der Waals surface area contributed by atoms with Crippen molar-refractivity contribution >= 4 is 41.4 Å². The highest BCUT2D eigenvalue weighted by Gasteiger charge is 2.38. The molecule has 1 aliphatic rings. The molecule has 1 aromatic heterocycles. The molecule has 14 heteroatoms. The van der Waals surface area contributed by atoms with E-state index in [4.69, 9.17) is 11.5 Å². The van der Waals surface area contributed by atoms with E-state index in [9.17, 15) is 29.1 Å². The lowest BCUT2D eigenvalue weighted by molar-refractivity contribution is -0.149. The van der Waals surface area contributed by atoms with Gasteiger partial charge in [0, 0.05) is 24.9 Å². The number of nitrogens with two attached hydrogens (primary N) is 2. The van der Waals surface area contributed by atoms with E-state index in [1.54, 1.807) is 0 Å². The molecule has 13 nitrogen and oxygen atoms in total. The Kier molecular flexibility index (Phi) is 10.3. The van der Waals surface area contributed by atoms with Gasteiger partial charge in [-0.25, -0.2) is 9.78 Å². The van der Waals surface area contributed by atoms with Crippen molar-refractivity contribution in [3.8, 4) is 0 Å². The molecule has 2 heterocycles. The van der Waals surface area contributed by atoms with Crippen molar-refractivity contribution in [1.29, 1.82) is 0 Å². The van der Waals surface area contributed by atoms with Crippen LogP contribution in [0.4, 0.5) is 0 Å². The summed E-state index contributed by atoms with van der Waals surface area (Å²) in [7, 11) is 0. The van der Waals surface area contributed by atoms with Gasteiger partial charge in [-0.05, 0) is 31.3 Å². The maximum absolute atomic E-state index is 13.3. The van der Waals surface area contributed by atoms with E-state index in [-0.39, 0.29) is 25.8 Å². The average molecular weight is 498 g/mol. The number of hydrogen-bond acceptors (Lipinski definition) is 8. The van der Waals surface area contributed by atoms with Gasteiger partial charge in [0.2, 0.25) is 23.6 Å². The van der Waals surface area contributed by atoms with E-state index in [0.29, 0.717) is 24.3 Å². The smallest absolute Gasteiger partial charge is 0.326 e. The number of likely N-dealkylation sites (tertiary alicyclic amines) is 1. The zero-order valence-electron chi connectivity index (χ0n) is 18.9. The number of H-pyrrole nitrogens is 1. The SMILES string of the molecule is CSCCC(NC(=O)C(N)CC(N)=O)C(=O)NC(Cc1cnc[nH]1)C(=O)N1CCCC1C(=O)O. The second-order valence-electron chi connectivity index (χ2n) is 7.99. The number of nitrogens with zero attached hydrogens (tertiary/aromatic N) is 2. The van der Waals surface area contributed by atoms with Crippen LogP contribution in [0.3, 0.4) is 0 Å². The maximum Gasteiger partial charge on any atom is 0.326 e. The normalized spacial score (nSPS) is 18.1. The summed E-state index contributed by atoms with van der Waals surface area (Å²) in [5.41, 5.74) is 11.3. The van der Waals surface area contributed by atoms with Gasteiger partial charge in [0.1, 0.15) is 18.1 Å². The predicted octanol–water partition coefficient (Wildman–Crippen LogP) is -2.05. The number of amides is 4. The van der Waals surface area contributed by atoms with E-state index in [2.05, 4.69) is 20.6 Å². The quantitative estimate of drug-likeness (QED) is 0.177. The molecule has 188 valence electrons. The molecule has 4 amide bonds. The number of aromatic amines is 1. The number of rotatable bonds is 13. The van der Waals surface area contributed by atoms with Crippen molar-refractivity contribution in [3.05, 3.63) is 18.2 Å². The average Bonchev–Trinajstić information content (AvgIpc) is 3.47. The molecule has 2 rings (SSSR count). The molecule has 0 aliphatic carbocycles. The first-order valence-corrected chi connectivity index (χ1v) is 12.2. The zero-order chi connectivity index (χ0) is 25.3. The summed E-state index contributed by atoms with van der Waals surface area (Å²) in [6, 6.07) is -4.29. The molecule has 0 radical (unpaired) electrons. The van der Waals surface area contributed by atoms with E-state index in [1.165, 1.54) is 29.2 Å². The van der Waals surface area contributed by atoms with Gasteiger partial charge in [-0.2, -0.15) is 11.8 Å². The highest BCUT2D eigenvalue weighted by atomic mass is 32.2. The minimum Gasteiger partial charge on any atom is -0.480 e. The predicted molar refractivity (Wildman–Crippen MR) is 123 cm³/mol. The third kappa shape index (κ3) is 7.73. The summed E-state index contributed by atoms with van der Waals surface area (Å²) in [6.45, 7) is 0.264. The number of carbonyl (C=O) groups excluding carboxylic acids is 4. The first-order valence-electron chi connectivity index (χ1n) is 10.8. The summed E-state index contributed by atoms with van der Waals surface area (Å²) in [5, 5.41) is 14.6. The number of carboxylic acid groups (broad SMARTS) is 1. The van der Waals surface area contributed by atoms with Crippen LogP contribution in [-0.2, 0) is 30.4 Å². The first kappa shape index (κ1) is 27.1. The van der Waals surface area contributed by atoms with Gasteiger partial charge in [0.15, 0.2) is 0 Å². The minimum atomic E-state index is -1.22. The number of imidazole rings is 1. The molecule has 4 unspecified atom stereocenters. The second kappa shape index (κ2) is 12.9. The van der Waals surface area contributed by atoms with Crippen LogP contribution in [0.2, 0.25) is 0 Å². The van der Waals surface area contributed by atoms with E-state index in [1.807, 2.05) is 6.26 Å². The van der Waals surface area contributed by atoms with Crippen LogP contribution in [0.5, 0.6) is 0 Å². The number of nitrogens with one attached hydrogen (secondary N) is 3. The van der Waals surface area contributed by atoms with Crippen molar-refractivity contribution in [2.45, 2.75) is 56.3 Å². The molecule has 4 atom stereocenters. The topological polar surface area (TPSA) is 214 Å². The highest BCUT2D eigenvalue weighted by molar-refractivity contribution is 7.98. The van der Waals surface area contributed by atoms with Crippen molar-refractivity contribution in [2.75, 3.05) is 18.6 Å². The fourth-order valence-electron chi connectivity index (χ4n) is 3.67. The molecule has 1 aromatic rings. The number of aliphatic carboxylic acids is 1. The Morgan fingerprint density at radius 1 is 1.26 bits per heavy atom. The molecule has 0 bridgehead atoms. The third-order valence-corrected chi connectivity index (χ3v) is 6.06. The molecular formula is C20H31N7O6S. The fourth-order valence-corrected chi connectivity index (χ4v) is 4.14. The number of primary amides is 1. The molecule has 1 fully saturated rings. The van der Waals surface area contributed by atoms with Gasteiger partial charge in [-0.15, -0.1) is 0 Å². The first-order chi connectivity index (χ1) is 16.1. The van der Waals surface area contributed by atoms with Crippen molar-refractivity contribution in [1.82, 2.24) is 25.5 Å². The van der Waals surface area contributed by atoms with Gasteiger partial charge in [-0.1, -0.05) is 0 Å². The monoisotopic (exact) mass is 497 g/mol. The standard InChI is InChI=1S/C20H31N7O6S/c1-34-6-4-13(25-17(29)12(21)8-16(22)28)18(30)26-14(7-11-9-23-10-24-11)19(31)27-5-2-3-15(27)20(32)33/h9-10,12-15H,2-8,21H2,1H3,(H2,22,28)(H,23,24)(H,25,29)(H,26,30)(H,32,33). The van der Waals surface area contributed by atoms with Crippen LogP contribution in [0.1, 0.15) is 31.4 Å². The number of thioether (sulfide) groups is 1.